The average molecular weight is 353 g/mol. The SMILES string of the molecule is Cc1cccc(CN(C)c2ccc(C(=O)O)c(Br)c2F)n1. The highest BCUT2D eigenvalue weighted by Crippen LogP contribution is 2.29. The van der Waals surface area contributed by atoms with E-state index in [1.165, 1.54) is 12.1 Å². The van der Waals surface area contributed by atoms with E-state index < -0.39 is 11.8 Å². The van der Waals surface area contributed by atoms with Gasteiger partial charge in [-0.1, -0.05) is 6.07 Å². The Morgan fingerprint density at radius 3 is 2.71 bits per heavy atom. The number of aromatic carboxylic acids is 1. The van der Waals surface area contributed by atoms with Crippen molar-refractivity contribution < 1.29 is 14.3 Å². The summed E-state index contributed by atoms with van der Waals surface area (Å²) in [7, 11) is 1.73. The molecule has 0 saturated carbocycles. The molecule has 1 N–H and O–H groups in total. The molecule has 2 aromatic rings. The quantitative estimate of drug-likeness (QED) is 0.912. The summed E-state index contributed by atoms with van der Waals surface area (Å²) in [4.78, 5) is 17.0. The third-order valence-electron chi connectivity index (χ3n) is 3.05. The zero-order chi connectivity index (χ0) is 15.6. The van der Waals surface area contributed by atoms with Crippen molar-refractivity contribution in [1.82, 2.24) is 4.98 Å². The number of carboxylic acids is 1. The van der Waals surface area contributed by atoms with Gasteiger partial charge in [0.1, 0.15) is 0 Å². The fourth-order valence-electron chi connectivity index (χ4n) is 2.01. The van der Waals surface area contributed by atoms with Crippen molar-refractivity contribution in [2.45, 2.75) is 13.5 Å². The zero-order valence-electron chi connectivity index (χ0n) is 11.6. The zero-order valence-corrected chi connectivity index (χ0v) is 13.2. The van der Waals surface area contributed by atoms with E-state index in [1.807, 2.05) is 25.1 Å². The van der Waals surface area contributed by atoms with Gasteiger partial charge in [0.05, 0.1) is 28.0 Å². The summed E-state index contributed by atoms with van der Waals surface area (Å²) in [6.45, 7) is 2.32. The van der Waals surface area contributed by atoms with E-state index in [0.29, 0.717) is 12.2 Å². The normalized spacial score (nSPS) is 10.5. The topological polar surface area (TPSA) is 53.4 Å². The molecule has 2 rings (SSSR count). The molecule has 1 aromatic carbocycles. The lowest BCUT2D eigenvalue weighted by Gasteiger charge is -2.20. The number of nitrogens with zero attached hydrogens (tertiary/aromatic N) is 2. The van der Waals surface area contributed by atoms with Crippen LogP contribution >= 0.6 is 15.9 Å². The molecule has 0 spiro atoms. The van der Waals surface area contributed by atoms with Crippen molar-refractivity contribution in [2.24, 2.45) is 0 Å². The van der Waals surface area contributed by atoms with Gasteiger partial charge in [0, 0.05) is 12.7 Å². The Kier molecular flexibility index (Phi) is 4.57. The van der Waals surface area contributed by atoms with Crippen LogP contribution in [-0.2, 0) is 6.54 Å². The van der Waals surface area contributed by atoms with E-state index >= 15 is 0 Å². The Morgan fingerprint density at radius 1 is 1.38 bits per heavy atom. The third-order valence-corrected chi connectivity index (χ3v) is 3.82. The third kappa shape index (κ3) is 3.39. The van der Waals surface area contributed by atoms with Crippen LogP contribution in [0.5, 0.6) is 0 Å². The van der Waals surface area contributed by atoms with Crippen LogP contribution in [0.3, 0.4) is 0 Å². The summed E-state index contributed by atoms with van der Waals surface area (Å²) in [6, 6.07) is 8.49. The first-order chi connectivity index (χ1) is 9.90. The summed E-state index contributed by atoms with van der Waals surface area (Å²) >= 11 is 3.00. The molecular weight excluding hydrogens is 339 g/mol. The van der Waals surface area contributed by atoms with Gasteiger partial charge >= 0.3 is 5.97 Å². The molecule has 1 aromatic heterocycles. The highest BCUT2D eigenvalue weighted by atomic mass is 79.9. The number of pyridine rings is 1. The average Bonchev–Trinajstić information content (AvgIpc) is 2.41. The van der Waals surface area contributed by atoms with Crippen molar-refractivity contribution in [3.05, 3.63) is 57.6 Å². The summed E-state index contributed by atoms with van der Waals surface area (Å²) in [5, 5.41) is 8.97. The Balaban J connectivity index is 2.29. The molecular formula is C15H14BrFN2O2. The number of carbonyl (C=O) groups is 1. The van der Waals surface area contributed by atoms with Crippen molar-refractivity contribution in [1.29, 1.82) is 0 Å². The van der Waals surface area contributed by atoms with Crippen LogP contribution in [0.2, 0.25) is 0 Å². The first-order valence-electron chi connectivity index (χ1n) is 6.25. The Hall–Kier alpha value is -1.95. The summed E-state index contributed by atoms with van der Waals surface area (Å²) < 4.78 is 14.2. The molecule has 0 fully saturated rings. The van der Waals surface area contributed by atoms with E-state index in [1.54, 1.807) is 11.9 Å². The van der Waals surface area contributed by atoms with Crippen LogP contribution in [0.4, 0.5) is 10.1 Å². The second-order valence-electron chi connectivity index (χ2n) is 4.69. The Morgan fingerprint density at radius 2 is 2.10 bits per heavy atom. The van der Waals surface area contributed by atoms with Crippen LogP contribution in [0.1, 0.15) is 21.7 Å². The molecule has 0 atom stereocenters. The van der Waals surface area contributed by atoms with Crippen LogP contribution < -0.4 is 4.90 Å². The van der Waals surface area contributed by atoms with Crippen LogP contribution in [0, 0.1) is 12.7 Å². The van der Waals surface area contributed by atoms with Crippen LogP contribution in [0.15, 0.2) is 34.8 Å². The number of rotatable bonds is 4. The number of benzene rings is 1. The van der Waals surface area contributed by atoms with E-state index in [9.17, 15) is 9.18 Å². The maximum atomic E-state index is 14.3. The Bertz CT molecular complexity index is 691. The standard InChI is InChI=1S/C15H14BrFN2O2/c1-9-4-3-5-10(18-9)8-19(2)12-7-6-11(15(20)21)13(16)14(12)17/h3-7H,8H2,1-2H3,(H,20,21). The molecule has 110 valence electrons. The maximum absolute atomic E-state index is 14.3. The summed E-state index contributed by atoms with van der Waals surface area (Å²) in [5.41, 5.74) is 1.92. The molecule has 0 radical (unpaired) electrons. The smallest absolute Gasteiger partial charge is 0.336 e. The second-order valence-corrected chi connectivity index (χ2v) is 5.48. The first-order valence-corrected chi connectivity index (χ1v) is 7.04. The largest absolute Gasteiger partial charge is 0.478 e. The number of anilines is 1. The van der Waals surface area contributed by atoms with Crippen LogP contribution in [0.25, 0.3) is 0 Å². The number of carboxylic acid groups (broad SMARTS) is 1. The van der Waals surface area contributed by atoms with Crippen LogP contribution in [-0.4, -0.2) is 23.1 Å². The number of hydrogen-bond donors (Lipinski definition) is 1. The second kappa shape index (κ2) is 6.22. The minimum absolute atomic E-state index is 0.0449. The Labute approximate surface area is 130 Å². The van der Waals surface area contributed by atoms with Crippen molar-refractivity contribution >= 4 is 27.6 Å². The maximum Gasteiger partial charge on any atom is 0.336 e. The lowest BCUT2D eigenvalue weighted by Crippen LogP contribution is -2.19. The van der Waals surface area contributed by atoms with Gasteiger partial charge in [-0.15, -0.1) is 0 Å². The number of aromatic nitrogens is 1. The lowest BCUT2D eigenvalue weighted by atomic mass is 10.2. The summed E-state index contributed by atoms with van der Waals surface area (Å²) in [6.07, 6.45) is 0. The molecule has 0 aliphatic carbocycles. The molecule has 0 aliphatic rings. The molecule has 1 heterocycles. The predicted octanol–water partition coefficient (Wildman–Crippen LogP) is 3.63. The fourth-order valence-corrected chi connectivity index (χ4v) is 2.52. The van der Waals surface area contributed by atoms with Gasteiger partial charge in [-0.05, 0) is 47.1 Å². The molecule has 0 bridgehead atoms. The summed E-state index contributed by atoms with van der Waals surface area (Å²) in [5.74, 6) is -1.76. The minimum atomic E-state index is -1.17. The molecule has 21 heavy (non-hydrogen) atoms. The fraction of sp³-hybridized carbons (Fsp3) is 0.200. The monoisotopic (exact) mass is 352 g/mol. The predicted molar refractivity (Wildman–Crippen MR) is 82.1 cm³/mol. The number of halogens is 2. The van der Waals surface area contributed by atoms with Gasteiger partial charge in [-0.25, -0.2) is 9.18 Å². The van der Waals surface area contributed by atoms with E-state index in [0.717, 1.165) is 11.4 Å². The molecule has 0 saturated heterocycles. The van der Waals surface area contributed by atoms with Gasteiger partial charge in [-0.2, -0.15) is 0 Å². The number of aryl methyl sites for hydroxylation is 1. The molecule has 6 heteroatoms. The van der Waals surface area contributed by atoms with E-state index in [4.69, 9.17) is 5.11 Å². The minimum Gasteiger partial charge on any atom is -0.478 e. The highest BCUT2D eigenvalue weighted by Gasteiger charge is 2.18. The van der Waals surface area contributed by atoms with Crippen molar-refractivity contribution in [2.75, 3.05) is 11.9 Å². The van der Waals surface area contributed by atoms with Crippen molar-refractivity contribution in [3.8, 4) is 0 Å². The first kappa shape index (κ1) is 15.4. The van der Waals surface area contributed by atoms with E-state index in [-0.39, 0.29) is 10.0 Å². The van der Waals surface area contributed by atoms with Crippen molar-refractivity contribution in [3.63, 3.8) is 0 Å². The van der Waals surface area contributed by atoms with E-state index in [2.05, 4.69) is 20.9 Å². The molecule has 0 unspecified atom stereocenters. The van der Waals surface area contributed by atoms with Gasteiger partial charge in [-0.3, -0.25) is 4.98 Å². The van der Waals surface area contributed by atoms with Gasteiger partial charge in [0.25, 0.3) is 0 Å². The molecule has 4 nitrogen and oxygen atoms in total. The molecule has 0 amide bonds. The van der Waals surface area contributed by atoms with Gasteiger partial charge in [0.2, 0.25) is 0 Å². The number of hydrogen-bond acceptors (Lipinski definition) is 3. The highest BCUT2D eigenvalue weighted by molar-refractivity contribution is 9.10. The van der Waals surface area contributed by atoms with Gasteiger partial charge < -0.3 is 10.0 Å². The molecule has 0 aliphatic heterocycles. The van der Waals surface area contributed by atoms with Gasteiger partial charge in [0.15, 0.2) is 5.82 Å². The lowest BCUT2D eigenvalue weighted by molar-refractivity contribution is 0.0695.